The lowest BCUT2D eigenvalue weighted by Crippen LogP contribution is -2.32. The minimum absolute atomic E-state index is 0.0516. The molecule has 4 nitrogen and oxygen atoms in total. The van der Waals surface area contributed by atoms with Crippen LogP contribution in [0.4, 0.5) is 4.39 Å². The zero-order chi connectivity index (χ0) is 17.1. The molecule has 128 valence electrons. The summed E-state index contributed by atoms with van der Waals surface area (Å²) in [7, 11) is 0. The van der Waals surface area contributed by atoms with E-state index in [9.17, 15) is 9.18 Å². The summed E-state index contributed by atoms with van der Waals surface area (Å²) in [6.07, 6.45) is 1.36. The molecule has 1 aromatic heterocycles. The van der Waals surface area contributed by atoms with E-state index in [4.69, 9.17) is 27.9 Å². The summed E-state index contributed by atoms with van der Waals surface area (Å²) >= 11 is 11.7. The maximum atomic E-state index is 13.8. The molecule has 7 heteroatoms. The number of benzene rings is 1. The molecular weight excluding hydrogens is 354 g/mol. The summed E-state index contributed by atoms with van der Waals surface area (Å²) < 4.78 is 21.3. The summed E-state index contributed by atoms with van der Waals surface area (Å²) in [6, 6.07) is 7.97. The van der Waals surface area contributed by atoms with E-state index in [0.29, 0.717) is 31.8 Å². The van der Waals surface area contributed by atoms with Crippen molar-refractivity contribution in [3.8, 4) is 0 Å². The van der Waals surface area contributed by atoms with Crippen LogP contribution in [0.2, 0.25) is 10.0 Å². The normalized spacial score (nSPS) is 21.5. The van der Waals surface area contributed by atoms with Crippen LogP contribution in [0.3, 0.4) is 0 Å². The molecule has 0 aliphatic carbocycles. The van der Waals surface area contributed by atoms with Crippen molar-refractivity contribution in [2.45, 2.75) is 12.6 Å². The smallest absolute Gasteiger partial charge is 0.269 e. The summed E-state index contributed by atoms with van der Waals surface area (Å²) in [5.74, 6) is -0.530. The van der Waals surface area contributed by atoms with E-state index >= 15 is 0 Å². The van der Waals surface area contributed by atoms with E-state index in [1.54, 1.807) is 29.0 Å². The Hall–Kier alpha value is -1.40. The zero-order valence-corrected chi connectivity index (χ0v) is 14.4. The van der Waals surface area contributed by atoms with Gasteiger partial charge in [-0.15, -0.1) is 0 Å². The average Bonchev–Trinajstić information content (AvgIpc) is 2.80. The number of halogens is 3. The summed E-state index contributed by atoms with van der Waals surface area (Å²) in [5, 5.41) is 3.54. The second-order valence-electron chi connectivity index (χ2n) is 5.74. The topological polar surface area (TPSA) is 43.3 Å². The van der Waals surface area contributed by atoms with Gasteiger partial charge in [0, 0.05) is 31.7 Å². The van der Waals surface area contributed by atoms with Gasteiger partial charge in [-0.2, -0.15) is 0 Å². The van der Waals surface area contributed by atoms with Crippen molar-refractivity contribution >= 4 is 23.2 Å². The van der Waals surface area contributed by atoms with Crippen molar-refractivity contribution in [1.82, 2.24) is 9.88 Å². The fraction of sp³-hybridized carbons (Fsp3) is 0.353. The lowest BCUT2D eigenvalue weighted by molar-refractivity contribution is 0.0249. The number of pyridine rings is 1. The molecule has 24 heavy (non-hydrogen) atoms. The van der Waals surface area contributed by atoms with Gasteiger partial charge in [-0.25, -0.2) is 4.39 Å². The van der Waals surface area contributed by atoms with Crippen molar-refractivity contribution in [2.24, 2.45) is 5.92 Å². The van der Waals surface area contributed by atoms with Gasteiger partial charge in [-0.1, -0.05) is 29.3 Å². The molecule has 1 aliphatic rings. The molecule has 3 rings (SSSR count). The molecule has 0 amide bonds. The first-order valence-corrected chi connectivity index (χ1v) is 8.44. The van der Waals surface area contributed by atoms with Crippen molar-refractivity contribution in [2.75, 3.05) is 19.7 Å². The van der Waals surface area contributed by atoms with Gasteiger partial charge >= 0.3 is 0 Å². The highest BCUT2D eigenvalue weighted by molar-refractivity contribution is 6.30. The second-order valence-corrected chi connectivity index (χ2v) is 6.56. The molecule has 2 atom stereocenters. The van der Waals surface area contributed by atoms with E-state index < -0.39 is 5.82 Å². The van der Waals surface area contributed by atoms with Crippen LogP contribution in [0, 0.1) is 11.7 Å². The van der Waals surface area contributed by atoms with Gasteiger partial charge in [-0.05, 0) is 29.8 Å². The standard InChI is InChI=1S/C17H17Cl2FN2O2/c18-13-4-3-11(8-15(13)20)16-12(9-21-5-7-24-16)10-22-6-1-2-14(19)17(22)23/h1-4,6,8,12,16,21H,5,7,9-10H2. The van der Waals surface area contributed by atoms with Crippen LogP contribution < -0.4 is 10.9 Å². The monoisotopic (exact) mass is 370 g/mol. The van der Waals surface area contributed by atoms with E-state index in [0.717, 1.165) is 0 Å². The molecule has 2 aromatic rings. The van der Waals surface area contributed by atoms with Gasteiger partial charge in [0.15, 0.2) is 0 Å². The lowest BCUT2D eigenvalue weighted by Gasteiger charge is -2.26. The fourth-order valence-corrected chi connectivity index (χ4v) is 3.21. The van der Waals surface area contributed by atoms with Crippen LogP contribution in [0.15, 0.2) is 41.3 Å². The van der Waals surface area contributed by atoms with Gasteiger partial charge in [0.2, 0.25) is 0 Å². The number of aromatic nitrogens is 1. The molecule has 2 heterocycles. The number of hydrogen-bond donors (Lipinski definition) is 1. The van der Waals surface area contributed by atoms with Gasteiger partial charge in [0.1, 0.15) is 10.8 Å². The highest BCUT2D eigenvalue weighted by Crippen LogP contribution is 2.30. The third kappa shape index (κ3) is 3.81. The lowest BCUT2D eigenvalue weighted by atomic mass is 9.95. The van der Waals surface area contributed by atoms with E-state index in [-0.39, 0.29) is 27.6 Å². The first-order valence-electron chi connectivity index (χ1n) is 7.68. The Morgan fingerprint density at radius 1 is 1.29 bits per heavy atom. The summed E-state index contributed by atoms with van der Waals surface area (Å²) in [6.45, 7) is 2.28. The molecule has 0 saturated carbocycles. The third-order valence-corrected chi connectivity index (χ3v) is 4.68. The predicted octanol–water partition coefficient (Wildman–Crippen LogP) is 3.27. The van der Waals surface area contributed by atoms with Crippen LogP contribution in [0.1, 0.15) is 11.7 Å². The Morgan fingerprint density at radius 3 is 2.92 bits per heavy atom. The van der Waals surface area contributed by atoms with Crippen LogP contribution in [-0.2, 0) is 11.3 Å². The zero-order valence-electron chi connectivity index (χ0n) is 12.8. The quantitative estimate of drug-likeness (QED) is 0.901. The molecular formula is C17H17Cl2FN2O2. The number of rotatable bonds is 3. The highest BCUT2D eigenvalue weighted by Gasteiger charge is 2.27. The number of ether oxygens (including phenoxy) is 1. The Kier molecular flexibility index (Phi) is 5.56. The SMILES string of the molecule is O=c1c(Cl)cccn1CC1CNCCOC1c1ccc(Cl)c(F)c1. The molecule has 1 N–H and O–H groups in total. The van der Waals surface area contributed by atoms with Gasteiger partial charge in [0.05, 0.1) is 17.7 Å². The van der Waals surface area contributed by atoms with Crippen molar-refractivity contribution < 1.29 is 9.13 Å². The minimum atomic E-state index is -0.478. The molecule has 1 aromatic carbocycles. The molecule has 0 spiro atoms. The summed E-state index contributed by atoms with van der Waals surface area (Å²) in [5.41, 5.74) is 0.463. The molecule has 0 radical (unpaired) electrons. The Bertz CT molecular complexity index is 781. The maximum Gasteiger partial charge on any atom is 0.269 e. The fourth-order valence-electron chi connectivity index (χ4n) is 2.91. The molecule has 2 unspecified atom stereocenters. The Balaban J connectivity index is 1.91. The van der Waals surface area contributed by atoms with E-state index in [2.05, 4.69) is 5.32 Å². The predicted molar refractivity (Wildman–Crippen MR) is 92.2 cm³/mol. The van der Waals surface area contributed by atoms with E-state index in [1.807, 2.05) is 0 Å². The molecule has 0 bridgehead atoms. The maximum absolute atomic E-state index is 13.8. The molecule has 1 fully saturated rings. The average molecular weight is 371 g/mol. The number of nitrogens with one attached hydrogen (secondary N) is 1. The van der Waals surface area contributed by atoms with Crippen molar-refractivity contribution in [3.63, 3.8) is 0 Å². The van der Waals surface area contributed by atoms with E-state index in [1.165, 1.54) is 12.1 Å². The van der Waals surface area contributed by atoms with Crippen LogP contribution in [-0.4, -0.2) is 24.3 Å². The minimum Gasteiger partial charge on any atom is -0.372 e. The van der Waals surface area contributed by atoms with Gasteiger partial charge < -0.3 is 14.6 Å². The van der Waals surface area contributed by atoms with Crippen LogP contribution in [0.5, 0.6) is 0 Å². The molecule has 1 aliphatic heterocycles. The first kappa shape index (κ1) is 17.4. The summed E-state index contributed by atoms with van der Waals surface area (Å²) in [4.78, 5) is 12.2. The van der Waals surface area contributed by atoms with Crippen LogP contribution in [0.25, 0.3) is 0 Å². The number of hydrogen-bond acceptors (Lipinski definition) is 3. The van der Waals surface area contributed by atoms with Crippen molar-refractivity contribution in [1.29, 1.82) is 0 Å². The van der Waals surface area contributed by atoms with Gasteiger partial charge in [0.25, 0.3) is 5.56 Å². The second kappa shape index (κ2) is 7.66. The van der Waals surface area contributed by atoms with Gasteiger partial charge in [-0.3, -0.25) is 4.79 Å². The van der Waals surface area contributed by atoms with Crippen molar-refractivity contribution in [3.05, 3.63) is 68.3 Å². The molecule has 1 saturated heterocycles. The first-order chi connectivity index (χ1) is 11.6. The number of nitrogens with zero attached hydrogens (tertiary/aromatic N) is 1. The largest absolute Gasteiger partial charge is 0.372 e. The highest BCUT2D eigenvalue weighted by atomic mass is 35.5. The van der Waals surface area contributed by atoms with Crippen LogP contribution >= 0.6 is 23.2 Å². The Morgan fingerprint density at radius 2 is 2.12 bits per heavy atom. The Labute approximate surface area is 149 Å². The third-order valence-electron chi connectivity index (χ3n) is 4.09.